The van der Waals surface area contributed by atoms with Crippen LogP contribution in [0.2, 0.25) is 0 Å². The van der Waals surface area contributed by atoms with Gasteiger partial charge in [0.15, 0.2) is 0 Å². The first-order valence-electron chi connectivity index (χ1n) is 4.90. The first kappa shape index (κ1) is 15.2. The molecule has 0 rings (SSSR count). The Balaban J connectivity index is 3.39. The fourth-order valence-corrected chi connectivity index (χ4v) is 0.936. The number of halogens is 3. The molecular formula is C9H16F3NO3. The molecule has 16 heavy (non-hydrogen) atoms. The maximum atomic E-state index is 11.6. The Morgan fingerprint density at radius 3 is 2.62 bits per heavy atom. The molecule has 0 aliphatic rings. The molecule has 2 N–H and O–H groups in total. The maximum absolute atomic E-state index is 11.6. The summed E-state index contributed by atoms with van der Waals surface area (Å²) in [6.45, 7) is -0.0876. The van der Waals surface area contributed by atoms with E-state index in [-0.39, 0.29) is 0 Å². The molecule has 0 radical (unpaired) electrons. The van der Waals surface area contributed by atoms with Crippen molar-refractivity contribution in [3.8, 4) is 0 Å². The molecule has 1 atom stereocenters. The van der Waals surface area contributed by atoms with Crippen molar-refractivity contribution in [2.45, 2.75) is 32.0 Å². The fraction of sp³-hybridized carbons (Fsp3) is 0.889. The molecule has 0 spiro atoms. The number of carbonyl (C=O) groups is 1. The SMILES string of the molecule is CC(O)CCCNC(=O)COCC(F)(F)F. The second-order valence-corrected chi connectivity index (χ2v) is 3.45. The molecule has 0 aromatic rings. The third-order valence-electron chi connectivity index (χ3n) is 1.62. The maximum Gasteiger partial charge on any atom is 0.411 e. The minimum Gasteiger partial charge on any atom is -0.393 e. The Morgan fingerprint density at radius 2 is 2.12 bits per heavy atom. The highest BCUT2D eigenvalue weighted by atomic mass is 19.4. The van der Waals surface area contributed by atoms with E-state index in [4.69, 9.17) is 5.11 Å². The van der Waals surface area contributed by atoms with Gasteiger partial charge in [-0.05, 0) is 19.8 Å². The predicted octanol–water partition coefficient (Wildman–Crippen LogP) is 0.843. The van der Waals surface area contributed by atoms with Gasteiger partial charge in [-0.3, -0.25) is 4.79 Å². The highest BCUT2D eigenvalue weighted by Gasteiger charge is 2.27. The molecule has 1 amide bonds. The lowest BCUT2D eigenvalue weighted by Crippen LogP contribution is -2.30. The predicted molar refractivity (Wildman–Crippen MR) is 50.8 cm³/mol. The first-order valence-corrected chi connectivity index (χ1v) is 4.90. The van der Waals surface area contributed by atoms with Gasteiger partial charge >= 0.3 is 6.18 Å². The van der Waals surface area contributed by atoms with Crippen LogP contribution in [0.25, 0.3) is 0 Å². The zero-order valence-corrected chi connectivity index (χ0v) is 9.01. The van der Waals surface area contributed by atoms with Crippen molar-refractivity contribution < 1.29 is 27.8 Å². The van der Waals surface area contributed by atoms with E-state index in [2.05, 4.69) is 10.1 Å². The highest BCUT2D eigenvalue weighted by molar-refractivity contribution is 5.77. The summed E-state index contributed by atoms with van der Waals surface area (Å²) in [5, 5.41) is 11.3. The Kier molecular flexibility index (Phi) is 7.07. The smallest absolute Gasteiger partial charge is 0.393 e. The number of aliphatic hydroxyl groups is 1. The van der Waals surface area contributed by atoms with Gasteiger partial charge in [-0.25, -0.2) is 0 Å². The molecule has 1 unspecified atom stereocenters. The lowest BCUT2D eigenvalue weighted by molar-refractivity contribution is -0.175. The molecule has 0 fully saturated rings. The second-order valence-electron chi connectivity index (χ2n) is 3.45. The van der Waals surface area contributed by atoms with Gasteiger partial charge in [-0.2, -0.15) is 13.2 Å². The van der Waals surface area contributed by atoms with Gasteiger partial charge in [0, 0.05) is 6.54 Å². The van der Waals surface area contributed by atoms with Gasteiger partial charge < -0.3 is 15.2 Å². The number of amides is 1. The minimum absolute atomic E-state index is 0.319. The molecule has 0 aromatic carbocycles. The van der Waals surface area contributed by atoms with Crippen LogP contribution in [-0.2, 0) is 9.53 Å². The third-order valence-corrected chi connectivity index (χ3v) is 1.62. The molecule has 0 heterocycles. The quantitative estimate of drug-likeness (QED) is 0.651. The zero-order chi connectivity index (χ0) is 12.6. The zero-order valence-electron chi connectivity index (χ0n) is 9.01. The van der Waals surface area contributed by atoms with Gasteiger partial charge in [0.25, 0.3) is 0 Å². The summed E-state index contributed by atoms with van der Waals surface area (Å²) in [5.74, 6) is -0.588. The molecule has 0 saturated carbocycles. The van der Waals surface area contributed by atoms with E-state index < -0.39 is 31.4 Å². The first-order chi connectivity index (χ1) is 7.31. The Morgan fingerprint density at radius 1 is 1.50 bits per heavy atom. The Labute approximate surface area is 91.8 Å². The monoisotopic (exact) mass is 243 g/mol. The van der Waals surface area contributed by atoms with Gasteiger partial charge in [0.1, 0.15) is 13.2 Å². The molecule has 0 bridgehead atoms. The van der Waals surface area contributed by atoms with Crippen LogP contribution in [0.15, 0.2) is 0 Å². The number of nitrogens with one attached hydrogen (secondary N) is 1. The normalized spacial score (nSPS) is 13.6. The summed E-state index contributed by atoms with van der Waals surface area (Å²) >= 11 is 0. The van der Waals surface area contributed by atoms with E-state index in [1.807, 2.05) is 0 Å². The van der Waals surface area contributed by atoms with Crippen molar-refractivity contribution in [2.75, 3.05) is 19.8 Å². The Bertz CT molecular complexity index is 207. The van der Waals surface area contributed by atoms with E-state index in [1.165, 1.54) is 0 Å². The van der Waals surface area contributed by atoms with Crippen LogP contribution in [-0.4, -0.2) is 43.1 Å². The molecule has 0 saturated heterocycles. The van der Waals surface area contributed by atoms with Crippen molar-refractivity contribution in [3.63, 3.8) is 0 Å². The van der Waals surface area contributed by atoms with E-state index >= 15 is 0 Å². The highest BCUT2D eigenvalue weighted by Crippen LogP contribution is 2.13. The van der Waals surface area contributed by atoms with Crippen LogP contribution in [0.1, 0.15) is 19.8 Å². The van der Waals surface area contributed by atoms with Crippen molar-refractivity contribution in [1.29, 1.82) is 0 Å². The molecule has 4 nitrogen and oxygen atoms in total. The van der Waals surface area contributed by atoms with Crippen molar-refractivity contribution in [3.05, 3.63) is 0 Å². The van der Waals surface area contributed by atoms with Gasteiger partial charge in [-0.1, -0.05) is 0 Å². The van der Waals surface area contributed by atoms with Crippen molar-refractivity contribution in [1.82, 2.24) is 5.32 Å². The topological polar surface area (TPSA) is 58.6 Å². The molecule has 96 valence electrons. The van der Waals surface area contributed by atoms with Gasteiger partial charge in [-0.15, -0.1) is 0 Å². The third kappa shape index (κ3) is 11.3. The summed E-state index contributed by atoms with van der Waals surface area (Å²) < 4.78 is 39.0. The number of ether oxygens (including phenoxy) is 1. The molecule has 0 aliphatic heterocycles. The van der Waals surface area contributed by atoms with E-state index in [9.17, 15) is 18.0 Å². The minimum atomic E-state index is -4.41. The fourth-order valence-electron chi connectivity index (χ4n) is 0.936. The number of carbonyl (C=O) groups excluding carboxylic acids is 1. The average Bonchev–Trinajstić information content (AvgIpc) is 2.10. The molecule has 0 aliphatic carbocycles. The molecule has 7 heteroatoms. The summed E-state index contributed by atoms with van der Waals surface area (Å²) in [6, 6.07) is 0. The standard InChI is InChI=1S/C9H16F3NO3/c1-7(14)3-2-4-13-8(15)5-16-6-9(10,11)12/h7,14H,2-6H2,1H3,(H,13,15). The number of hydrogen-bond acceptors (Lipinski definition) is 3. The molecular weight excluding hydrogens is 227 g/mol. The lowest BCUT2D eigenvalue weighted by Gasteiger charge is -2.08. The van der Waals surface area contributed by atoms with E-state index in [0.717, 1.165) is 0 Å². The van der Waals surface area contributed by atoms with Crippen LogP contribution in [0.5, 0.6) is 0 Å². The van der Waals surface area contributed by atoms with Crippen LogP contribution < -0.4 is 5.32 Å². The average molecular weight is 243 g/mol. The van der Waals surface area contributed by atoms with Crippen LogP contribution in [0.4, 0.5) is 13.2 Å². The lowest BCUT2D eigenvalue weighted by atomic mass is 10.2. The van der Waals surface area contributed by atoms with E-state index in [1.54, 1.807) is 6.92 Å². The summed E-state index contributed by atoms with van der Waals surface area (Å²) in [6.07, 6.45) is -3.75. The van der Waals surface area contributed by atoms with E-state index in [0.29, 0.717) is 19.4 Å². The number of alkyl halides is 3. The summed E-state index contributed by atoms with van der Waals surface area (Å²) in [4.78, 5) is 10.9. The van der Waals surface area contributed by atoms with Gasteiger partial charge in [0.05, 0.1) is 6.10 Å². The number of aliphatic hydroxyl groups excluding tert-OH is 1. The van der Waals surface area contributed by atoms with Crippen LogP contribution in [0.3, 0.4) is 0 Å². The Hall–Kier alpha value is -0.820. The van der Waals surface area contributed by atoms with Crippen molar-refractivity contribution in [2.24, 2.45) is 0 Å². The van der Waals surface area contributed by atoms with Crippen LogP contribution in [0, 0.1) is 0 Å². The van der Waals surface area contributed by atoms with Crippen LogP contribution >= 0.6 is 0 Å². The second kappa shape index (κ2) is 7.45. The largest absolute Gasteiger partial charge is 0.411 e. The number of hydrogen-bond donors (Lipinski definition) is 2. The summed E-state index contributed by atoms with van der Waals surface area (Å²) in [7, 11) is 0. The number of rotatable bonds is 7. The van der Waals surface area contributed by atoms with Gasteiger partial charge in [0.2, 0.25) is 5.91 Å². The summed E-state index contributed by atoms with van der Waals surface area (Å²) in [5.41, 5.74) is 0. The van der Waals surface area contributed by atoms with Crippen molar-refractivity contribution >= 4 is 5.91 Å². The molecule has 0 aromatic heterocycles.